The molecule has 0 amide bonds. The molecule has 20 heavy (non-hydrogen) atoms. The number of hydrogen-bond donors (Lipinski definition) is 2. The Hall–Kier alpha value is -1.50. The van der Waals surface area contributed by atoms with Gasteiger partial charge in [-0.05, 0) is 24.9 Å². The van der Waals surface area contributed by atoms with E-state index in [4.69, 9.17) is 9.84 Å². The molecule has 1 unspecified atom stereocenters. The van der Waals surface area contributed by atoms with Crippen molar-refractivity contribution in [3.8, 4) is 0 Å². The number of nitro groups is 1. The first-order valence-corrected chi connectivity index (χ1v) is 6.85. The van der Waals surface area contributed by atoms with Crippen molar-refractivity contribution in [1.82, 2.24) is 5.32 Å². The van der Waals surface area contributed by atoms with Gasteiger partial charge in [0.1, 0.15) is 0 Å². The van der Waals surface area contributed by atoms with Gasteiger partial charge in [-0.15, -0.1) is 0 Å². The van der Waals surface area contributed by atoms with Gasteiger partial charge in [-0.1, -0.05) is 19.1 Å². The van der Waals surface area contributed by atoms with E-state index in [-0.39, 0.29) is 23.3 Å². The lowest BCUT2D eigenvalue weighted by Crippen LogP contribution is -2.23. The molecule has 0 saturated carbocycles. The van der Waals surface area contributed by atoms with E-state index in [0.717, 1.165) is 24.9 Å². The zero-order valence-corrected chi connectivity index (χ0v) is 11.7. The molecule has 0 aliphatic heterocycles. The molecule has 0 spiro atoms. The maximum Gasteiger partial charge on any atom is 0.269 e. The van der Waals surface area contributed by atoms with E-state index in [1.807, 2.05) is 13.0 Å². The molecule has 0 heterocycles. The summed E-state index contributed by atoms with van der Waals surface area (Å²) in [6.07, 6.45) is 1.70. The lowest BCUT2D eigenvalue weighted by atomic mass is 10.0. The van der Waals surface area contributed by atoms with Crippen molar-refractivity contribution in [2.45, 2.75) is 25.8 Å². The molecule has 2 N–H and O–H groups in total. The van der Waals surface area contributed by atoms with Crippen molar-refractivity contribution in [3.63, 3.8) is 0 Å². The third-order valence-electron chi connectivity index (χ3n) is 2.98. The summed E-state index contributed by atoms with van der Waals surface area (Å²) in [6, 6.07) is 6.83. The molecule has 6 heteroatoms. The molecule has 1 atom stereocenters. The zero-order chi connectivity index (χ0) is 14.8. The highest BCUT2D eigenvalue weighted by Gasteiger charge is 2.12. The molecule has 0 bridgehead atoms. The smallest absolute Gasteiger partial charge is 0.269 e. The summed E-state index contributed by atoms with van der Waals surface area (Å²) in [5, 5.41) is 22.7. The van der Waals surface area contributed by atoms with Crippen LogP contribution < -0.4 is 5.32 Å². The fourth-order valence-electron chi connectivity index (χ4n) is 1.97. The number of nitro benzene ring substituents is 1. The van der Waals surface area contributed by atoms with Crippen LogP contribution in [0.15, 0.2) is 24.3 Å². The first-order valence-electron chi connectivity index (χ1n) is 6.85. The largest absolute Gasteiger partial charge is 0.394 e. The number of benzene rings is 1. The van der Waals surface area contributed by atoms with Crippen LogP contribution in [0, 0.1) is 10.1 Å². The number of aliphatic hydroxyl groups is 1. The number of ether oxygens (including phenoxy) is 1. The van der Waals surface area contributed by atoms with Crippen LogP contribution in [-0.4, -0.2) is 36.4 Å². The average Bonchev–Trinajstić information content (AvgIpc) is 2.46. The highest BCUT2D eigenvalue weighted by Crippen LogP contribution is 2.21. The monoisotopic (exact) mass is 282 g/mol. The van der Waals surface area contributed by atoms with Crippen LogP contribution in [0.1, 0.15) is 31.4 Å². The quantitative estimate of drug-likeness (QED) is 0.390. The summed E-state index contributed by atoms with van der Waals surface area (Å²) in [6.45, 7) is 3.81. The summed E-state index contributed by atoms with van der Waals surface area (Å²) in [5.41, 5.74) is 1.05. The van der Waals surface area contributed by atoms with E-state index in [1.165, 1.54) is 6.07 Å². The zero-order valence-electron chi connectivity index (χ0n) is 11.7. The van der Waals surface area contributed by atoms with Gasteiger partial charge < -0.3 is 15.2 Å². The van der Waals surface area contributed by atoms with E-state index in [0.29, 0.717) is 13.2 Å². The van der Waals surface area contributed by atoms with Crippen molar-refractivity contribution in [1.29, 1.82) is 0 Å². The number of aliphatic hydroxyl groups excluding tert-OH is 1. The Morgan fingerprint density at radius 1 is 1.45 bits per heavy atom. The third-order valence-corrected chi connectivity index (χ3v) is 2.98. The van der Waals surface area contributed by atoms with E-state index < -0.39 is 0 Å². The Morgan fingerprint density at radius 3 is 2.90 bits per heavy atom. The van der Waals surface area contributed by atoms with Gasteiger partial charge in [-0.3, -0.25) is 10.1 Å². The Morgan fingerprint density at radius 2 is 2.25 bits per heavy atom. The summed E-state index contributed by atoms with van der Waals surface area (Å²) in [5.74, 6) is 0. The lowest BCUT2D eigenvalue weighted by Gasteiger charge is -2.17. The minimum Gasteiger partial charge on any atom is -0.394 e. The molecule has 0 radical (unpaired) electrons. The maximum atomic E-state index is 10.8. The number of hydrogen-bond acceptors (Lipinski definition) is 5. The van der Waals surface area contributed by atoms with E-state index in [9.17, 15) is 10.1 Å². The second-order valence-electron chi connectivity index (χ2n) is 4.46. The first kappa shape index (κ1) is 16.6. The molecule has 0 aliphatic rings. The van der Waals surface area contributed by atoms with Crippen LogP contribution >= 0.6 is 0 Å². The number of rotatable bonds is 10. The predicted molar refractivity (Wildman–Crippen MR) is 76.7 cm³/mol. The standard InChI is InChI=1S/C14H22N2O4/c1-2-14(15-7-4-9-20-10-8-17)12-5-3-6-13(11-12)16(18)19/h3,5-6,11,14-15,17H,2,4,7-10H2,1H3. The molecule has 112 valence electrons. The van der Waals surface area contributed by atoms with Crippen LogP contribution in [0.5, 0.6) is 0 Å². The van der Waals surface area contributed by atoms with Crippen LogP contribution in [0.4, 0.5) is 5.69 Å². The van der Waals surface area contributed by atoms with Gasteiger partial charge in [0.05, 0.1) is 18.1 Å². The van der Waals surface area contributed by atoms with Gasteiger partial charge in [0.25, 0.3) is 5.69 Å². The van der Waals surface area contributed by atoms with Crippen LogP contribution in [0.2, 0.25) is 0 Å². The van der Waals surface area contributed by atoms with E-state index >= 15 is 0 Å². The summed E-state index contributed by atoms with van der Waals surface area (Å²) in [4.78, 5) is 10.4. The Kier molecular flexibility index (Phi) is 7.79. The summed E-state index contributed by atoms with van der Waals surface area (Å²) >= 11 is 0. The molecular weight excluding hydrogens is 260 g/mol. The van der Waals surface area contributed by atoms with Gasteiger partial charge in [0.2, 0.25) is 0 Å². The fourth-order valence-corrected chi connectivity index (χ4v) is 1.97. The molecule has 1 aromatic carbocycles. The SMILES string of the molecule is CCC(NCCCOCCO)c1cccc([N+](=O)[O-])c1. The van der Waals surface area contributed by atoms with Crippen LogP contribution in [0.3, 0.4) is 0 Å². The van der Waals surface area contributed by atoms with Crippen molar-refractivity contribution >= 4 is 5.69 Å². The normalized spacial score (nSPS) is 12.3. The minimum atomic E-state index is -0.376. The van der Waals surface area contributed by atoms with Gasteiger partial charge in [0.15, 0.2) is 0 Å². The fraction of sp³-hybridized carbons (Fsp3) is 0.571. The molecule has 0 saturated heterocycles. The second-order valence-corrected chi connectivity index (χ2v) is 4.46. The van der Waals surface area contributed by atoms with E-state index in [2.05, 4.69) is 5.32 Å². The number of non-ortho nitro benzene ring substituents is 1. The highest BCUT2D eigenvalue weighted by atomic mass is 16.6. The van der Waals surface area contributed by atoms with Gasteiger partial charge in [-0.25, -0.2) is 0 Å². The van der Waals surface area contributed by atoms with Gasteiger partial charge in [0, 0.05) is 24.8 Å². The van der Waals surface area contributed by atoms with Gasteiger partial charge >= 0.3 is 0 Å². The van der Waals surface area contributed by atoms with Crippen molar-refractivity contribution in [3.05, 3.63) is 39.9 Å². The minimum absolute atomic E-state index is 0.0404. The van der Waals surface area contributed by atoms with Crippen molar-refractivity contribution in [2.24, 2.45) is 0 Å². The second kappa shape index (κ2) is 9.41. The van der Waals surface area contributed by atoms with Crippen molar-refractivity contribution < 1.29 is 14.8 Å². The van der Waals surface area contributed by atoms with Gasteiger partial charge in [-0.2, -0.15) is 0 Å². The van der Waals surface area contributed by atoms with Crippen LogP contribution in [0.25, 0.3) is 0 Å². The average molecular weight is 282 g/mol. The molecule has 0 aromatic heterocycles. The molecular formula is C14H22N2O4. The Labute approximate surface area is 118 Å². The van der Waals surface area contributed by atoms with Crippen molar-refractivity contribution in [2.75, 3.05) is 26.4 Å². The maximum absolute atomic E-state index is 10.8. The molecule has 0 fully saturated rings. The predicted octanol–water partition coefficient (Wildman–Crippen LogP) is 2.03. The van der Waals surface area contributed by atoms with E-state index in [1.54, 1.807) is 12.1 Å². The molecule has 0 aliphatic carbocycles. The first-order chi connectivity index (χ1) is 9.69. The summed E-state index contributed by atoms with van der Waals surface area (Å²) in [7, 11) is 0. The third kappa shape index (κ3) is 5.64. The number of nitrogens with one attached hydrogen (secondary N) is 1. The molecule has 1 rings (SSSR count). The lowest BCUT2D eigenvalue weighted by molar-refractivity contribution is -0.384. The Bertz CT molecular complexity index is 412. The highest BCUT2D eigenvalue weighted by molar-refractivity contribution is 5.35. The number of nitrogens with zero attached hydrogens (tertiary/aromatic N) is 1. The van der Waals surface area contributed by atoms with Crippen LogP contribution in [-0.2, 0) is 4.74 Å². The topological polar surface area (TPSA) is 84.6 Å². The summed E-state index contributed by atoms with van der Waals surface area (Å²) < 4.78 is 5.18. The Balaban J connectivity index is 2.45. The molecule has 1 aromatic rings. The molecule has 6 nitrogen and oxygen atoms in total.